The number of aromatic hydroxyl groups is 1. The Balaban J connectivity index is 1.54. The summed E-state index contributed by atoms with van der Waals surface area (Å²) in [5, 5.41) is 13.5. The fraction of sp³-hybridized carbons (Fsp3) is 0.235. The Kier molecular flexibility index (Phi) is 4.72. The van der Waals surface area contributed by atoms with Crippen LogP contribution in [0.15, 0.2) is 41.3 Å². The van der Waals surface area contributed by atoms with Crippen LogP contribution < -0.4 is 5.32 Å². The van der Waals surface area contributed by atoms with Gasteiger partial charge in [0.05, 0.1) is 29.9 Å². The van der Waals surface area contributed by atoms with Gasteiger partial charge in [0.2, 0.25) is 5.95 Å². The molecule has 0 saturated carbocycles. The molecule has 3 N–H and O–H groups in total. The van der Waals surface area contributed by atoms with Crippen LogP contribution in [0.4, 0.5) is 11.6 Å². The SMILES string of the molecule is Oc1ccc(Cl)cc1Nc1nc2ccc(SN3CCOCC3)cc2[nH]1. The van der Waals surface area contributed by atoms with Gasteiger partial charge in [-0.05, 0) is 48.3 Å². The van der Waals surface area contributed by atoms with E-state index >= 15 is 0 Å². The van der Waals surface area contributed by atoms with E-state index in [-0.39, 0.29) is 5.75 Å². The molecular formula is C17H17ClN4O2S. The summed E-state index contributed by atoms with van der Waals surface area (Å²) < 4.78 is 7.67. The zero-order valence-corrected chi connectivity index (χ0v) is 14.9. The zero-order chi connectivity index (χ0) is 17.2. The minimum atomic E-state index is 0.119. The second-order valence-corrected chi connectivity index (χ2v) is 7.29. The average molecular weight is 377 g/mol. The molecule has 25 heavy (non-hydrogen) atoms. The molecule has 0 unspecified atom stereocenters. The monoisotopic (exact) mass is 376 g/mol. The number of phenols is 1. The summed E-state index contributed by atoms with van der Waals surface area (Å²) in [6.45, 7) is 3.39. The minimum absolute atomic E-state index is 0.119. The smallest absolute Gasteiger partial charge is 0.205 e. The first-order chi connectivity index (χ1) is 12.2. The van der Waals surface area contributed by atoms with Crippen LogP contribution in [-0.2, 0) is 4.74 Å². The molecule has 2 aromatic carbocycles. The van der Waals surface area contributed by atoms with Crippen molar-refractivity contribution in [1.82, 2.24) is 14.3 Å². The Morgan fingerprint density at radius 2 is 2.04 bits per heavy atom. The zero-order valence-electron chi connectivity index (χ0n) is 13.3. The van der Waals surface area contributed by atoms with E-state index in [4.69, 9.17) is 16.3 Å². The number of aromatic nitrogens is 2. The van der Waals surface area contributed by atoms with Gasteiger partial charge >= 0.3 is 0 Å². The highest BCUT2D eigenvalue weighted by molar-refractivity contribution is 7.97. The number of ether oxygens (including phenoxy) is 1. The second kappa shape index (κ2) is 7.13. The number of hydrogen-bond donors (Lipinski definition) is 3. The van der Waals surface area contributed by atoms with Crippen molar-refractivity contribution in [2.24, 2.45) is 0 Å². The summed E-state index contributed by atoms with van der Waals surface area (Å²) in [5.41, 5.74) is 2.30. The highest BCUT2D eigenvalue weighted by Crippen LogP contribution is 2.30. The third-order valence-electron chi connectivity index (χ3n) is 3.87. The van der Waals surface area contributed by atoms with Crippen LogP contribution in [0.25, 0.3) is 11.0 Å². The third kappa shape index (κ3) is 3.85. The second-order valence-electron chi connectivity index (χ2n) is 5.68. The maximum atomic E-state index is 9.92. The highest BCUT2D eigenvalue weighted by Gasteiger charge is 2.13. The topological polar surface area (TPSA) is 73.4 Å². The van der Waals surface area contributed by atoms with E-state index in [1.54, 1.807) is 30.1 Å². The van der Waals surface area contributed by atoms with Crippen molar-refractivity contribution in [3.8, 4) is 5.75 Å². The van der Waals surface area contributed by atoms with Gasteiger partial charge in [0.1, 0.15) is 5.75 Å². The number of rotatable bonds is 4. The molecule has 1 fully saturated rings. The Labute approximate surface area is 154 Å². The van der Waals surface area contributed by atoms with E-state index in [1.807, 2.05) is 6.07 Å². The van der Waals surface area contributed by atoms with E-state index in [1.165, 1.54) is 0 Å². The molecule has 1 aromatic heterocycles. The molecule has 4 rings (SSSR count). The number of phenolic OH excluding ortho intramolecular Hbond substituents is 1. The fourth-order valence-corrected chi connectivity index (χ4v) is 3.73. The van der Waals surface area contributed by atoms with Crippen LogP contribution in [0.3, 0.4) is 0 Å². The summed E-state index contributed by atoms with van der Waals surface area (Å²) in [6, 6.07) is 11.0. The summed E-state index contributed by atoms with van der Waals surface area (Å²) in [4.78, 5) is 8.89. The molecule has 0 aliphatic carbocycles. The van der Waals surface area contributed by atoms with Gasteiger partial charge in [0.25, 0.3) is 0 Å². The van der Waals surface area contributed by atoms with Crippen LogP contribution in [0, 0.1) is 0 Å². The normalized spacial score (nSPS) is 15.6. The van der Waals surface area contributed by atoms with E-state index in [9.17, 15) is 5.11 Å². The van der Waals surface area contributed by atoms with Gasteiger partial charge < -0.3 is 20.1 Å². The molecule has 1 aliphatic rings. The van der Waals surface area contributed by atoms with Crippen LogP contribution >= 0.6 is 23.5 Å². The van der Waals surface area contributed by atoms with Crippen molar-refractivity contribution in [3.05, 3.63) is 41.4 Å². The average Bonchev–Trinajstić information content (AvgIpc) is 3.01. The number of hydrogen-bond acceptors (Lipinski definition) is 6. The van der Waals surface area contributed by atoms with Crippen molar-refractivity contribution in [2.75, 3.05) is 31.6 Å². The van der Waals surface area contributed by atoms with Crippen molar-refractivity contribution in [2.45, 2.75) is 4.90 Å². The molecule has 0 bridgehead atoms. The van der Waals surface area contributed by atoms with Crippen molar-refractivity contribution < 1.29 is 9.84 Å². The van der Waals surface area contributed by atoms with Gasteiger partial charge in [0, 0.05) is 23.0 Å². The molecule has 3 aromatic rings. The molecule has 0 atom stereocenters. The fourth-order valence-electron chi connectivity index (χ4n) is 2.63. The quantitative estimate of drug-likeness (QED) is 0.472. The van der Waals surface area contributed by atoms with Crippen LogP contribution in [0.2, 0.25) is 5.02 Å². The summed E-state index contributed by atoms with van der Waals surface area (Å²) in [5.74, 6) is 0.675. The predicted molar refractivity (Wildman–Crippen MR) is 101 cm³/mol. The Morgan fingerprint density at radius 1 is 1.20 bits per heavy atom. The number of benzene rings is 2. The lowest BCUT2D eigenvalue weighted by molar-refractivity contribution is 0.0773. The number of halogens is 1. The molecule has 1 saturated heterocycles. The lowest BCUT2D eigenvalue weighted by Crippen LogP contribution is -2.30. The van der Waals surface area contributed by atoms with E-state index in [2.05, 4.69) is 31.7 Å². The molecule has 6 nitrogen and oxygen atoms in total. The van der Waals surface area contributed by atoms with Crippen molar-refractivity contribution in [3.63, 3.8) is 0 Å². The molecular weight excluding hydrogens is 360 g/mol. The number of nitrogens with one attached hydrogen (secondary N) is 2. The van der Waals surface area contributed by atoms with Crippen LogP contribution in [-0.4, -0.2) is 45.7 Å². The molecule has 8 heteroatoms. The number of morpholine rings is 1. The molecule has 2 heterocycles. The largest absolute Gasteiger partial charge is 0.506 e. The maximum absolute atomic E-state index is 9.92. The van der Waals surface area contributed by atoms with Crippen molar-refractivity contribution in [1.29, 1.82) is 0 Å². The molecule has 0 amide bonds. The lowest BCUT2D eigenvalue weighted by atomic mass is 10.3. The third-order valence-corrected chi connectivity index (χ3v) is 5.19. The van der Waals surface area contributed by atoms with Gasteiger partial charge in [-0.1, -0.05) is 11.6 Å². The van der Waals surface area contributed by atoms with Gasteiger partial charge in [-0.3, -0.25) is 0 Å². The molecule has 0 spiro atoms. The number of fused-ring (bicyclic) bond motifs is 1. The highest BCUT2D eigenvalue weighted by atomic mass is 35.5. The number of aromatic amines is 1. The number of nitrogens with zero attached hydrogens (tertiary/aromatic N) is 2. The standard InChI is InChI=1S/C17H17ClN4O2S/c18-11-1-4-16(23)15(9-11)21-17-19-13-3-2-12(10-14(13)20-17)25-22-5-7-24-8-6-22/h1-4,9-10,23H,5-8H2,(H2,19,20,21). The molecule has 0 radical (unpaired) electrons. The summed E-state index contributed by atoms with van der Waals surface area (Å²) >= 11 is 7.70. The first kappa shape index (κ1) is 16.5. The predicted octanol–water partition coefficient (Wildman–Crippen LogP) is 4.00. The summed E-state index contributed by atoms with van der Waals surface area (Å²) in [7, 11) is 0. The van der Waals surface area contributed by atoms with Crippen LogP contribution in [0.5, 0.6) is 5.75 Å². The van der Waals surface area contributed by atoms with Gasteiger partial charge in [-0.2, -0.15) is 0 Å². The van der Waals surface area contributed by atoms with E-state index < -0.39 is 0 Å². The lowest BCUT2D eigenvalue weighted by Gasteiger charge is -2.25. The van der Waals surface area contributed by atoms with Gasteiger partial charge in [-0.15, -0.1) is 0 Å². The molecule has 1 aliphatic heterocycles. The first-order valence-corrected chi connectivity index (χ1v) is 9.08. The van der Waals surface area contributed by atoms with Crippen molar-refractivity contribution >= 4 is 46.2 Å². The van der Waals surface area contributed by atoms with E-state index in [0.717, 1.165) is 42.2 Å². The maximum Gasteiger partial charge on any atom is 0.205 e. The van der Waals surface area contributed by atoms with Crippen LogP contribution in [0.1, 0.15) is 0 Å². The first-order valence-electron chi connectivity index (χ1n) is 7.93. The van der Waals surface area contributed by atoms with Gasteiger partial charge in [-0.25, -0.2) is 9.29 Å². The minimum Gasteiger partial charge on any atom is -0.506 e. The number of anilines is 2. The summed E-state index contributed by atoms with van der Waals surface area (Å²) in [6.07, 6.45) is 0. The Morgan fingerprint density at radius 3 is 2.88 bits per heavy atom. The number of H-pyrrole nitrogens is 1. The number of imidazole rings is 1. The molecule has 130 valence electrons. The van der Waals surface area contributed by atoms with E-state index in [0.29, 0.717) is 16.7 Å². The van der Waals surface area contributed by atoms with Gasteiger partial charge in [0.15, 0.2) is 0 Å². The Hall–Kier alpha value is -1.93. The Bertz CT molecular complexity index is 895.